The van der Waals surface area contributed by atoms with Crippen molar-refractivity contribution in [2.24, 2.45) is 0 Å². The Kier molecular flexibility index (Phi) is 2.27. The summed E-state index contributed by atoms with van der Waals surface area (Å²) in [6, 6.07) is 6.89. The quantitative estimate of drug-likeness (QED) is 0.782. The van der Waals surface area contributed by atoms with E-state index in [1.165, 1.54) is 0 Å². The molecular formula is C8H8ORf. The van der Waals surface area contributed by atoms with Gasteiger partial charge in [0, 0.05) is 0 Å². The largest absolute Gasteiger partial charge is 0.508 e. The predicted octanol–water partition coefficient (Wildman–Crippen LogP) is 2.04. The summed E-state index contributed by atoms with van der Waals surface area (Å²) in [4.78, 5) is 0. The summed E-state index contributed by atoms with van der Waals surface area (Å²) in [5.74, 6) is 0.292. The number of aromatic hydroxyl groups is 1. The fourth-order valence-corrected chi connectivity index (χ4v) is 0.610. The van der Waals surface area contributed by atoms with Gasteiger partial charge in [0.15, 0.2) is 0 Å². The van der Waals surface area contributed by atoms with Crippen LogP contribution in [-0.4, -0.2) is 5.11 Å². The van der Waals surface area contributed by atoms with Gasteiger partial charge in [-0.25, -0.2) is 0 Å². The van der Waals surface area contributed by atoms with E-state index in [9.17, 15) is 0 Å². The van der Waals surface area contributed by atoms with Crippen LogP contribution < -0.4 is 0 Å². The molecule has 0 atom stereocenters. The Morgan fingerprint density at radius 3 is 2.10 bits per heavy atom. The van der Waals surface area contributed by atoms with Crippen molar-refractivity contribution in [3.8, 4) is 5.75 Å². The SMILES string of the molecule is C=Cc1ccc(O)cc1.[Rf]. The molecule has 0 radical (unpaired) electrons. The minimum atomic E-state index is 0. The number of benzene rings is 1. The summed E-state index contributed by atoms with van der Waals surface area (Å²) in [6.07, 6.45) is 1.74. The molecule has 1 rings (SSSR count). The standard InChI is InChI=1S/C8H8O.Rf/c1-2-7-3-5-8(9)6-4-7;/h2-6,9H,1H2;. The van der Waals surface area contributed by atoms with E-state index in [1.54, 1.807) is 18.2 Å². The van der Waals surface area contributed by atoms with Gasteiger partial charge in [-0.3, -0.25) is 0 Å². The molecule has 1 aromatic carbocycles. The van der Waals surface area contributed by atoms with Gasteiger partial charge in [0.25, 0.3) is 0 Å². The maximum absolute atomic E-state index is 8.82. The number of phenols is 1. The zero-order valence-electron chi connectivity index (χ0n) is 5.75. The molecule has 1 nitrogen and oxygen atoms in total. The molecule has 0 fully saturated rings. The maximum Gasteiger partial charge on any atom is 0.115 e. The van der Waals surface area contributed by atoms with Crippen LogP contribution in [0.15, 0.2) is 30.8 Å². The van der Waals surface area contributed by atoms with E-state index >= 15 is 0 Å². The molecular weight excluding hydrogens is 379 g/mol. The number of rotatable bonds is 1. The van der Waals surface area contributed by atoms with Gasteiger partial charge in [0.05, 0.1) is 0 Å². The first-order valence-corrected chi connectivity index (χ1v) is 2.74. The van der Waals surface area contributed by atoms with Gasteiger partial charge in [-0.15, -0.1) is 0 Å². The minimum Gasteiger partial charge on any atom is -0.508 e. The van der Waals surface area contributed by atoms with Gasteiger partial charge >= 0.3 is 0 Å². The average Bonchev–Trinajstić information content (AvgIpc) is 1.90. The third-order valence-corrected chi connectivity index (χ3v) is 1.13. The Balaban J connectivity index is 0.000000810. The van der Waals surface area contributed by atoms with Crippen LogP contribution in [0.2, 0.25) is 0 Å². The Morgan fingerprint density at radius 2 is 1.70 bits per heavy atom. The molecule has 48 valence electrons. The molecule has 0 aliphatic heterocycles. The third kappa shape index (κ3) is 1.37. The second kappa shape index (κ2) is 2.92. The van der Waals surface area contributed by atoms with Crippen LogP contribution in [0, 0.1) is 0 Å². The number of phenolic OH excluding ortho intramolecular Hbond substituents is 1. The molecule has 0 aromatic heterocycles. The normalized spacial score (nSPS) is 8.00. The van der Waals surface area contributed by atoms with E-state index in [1.807, 2.05) is 12.1 Å². The van der Waals surface area contributed by atoms with E-state index < -0.39 is 0 Å². The molecule has 0 spiro atoms. The monoisotopic (exact) mass is 387 g/mol. The van der Waals surface area contributed by atoms with E-state index in [0.717, 1.165) is 5.56 Å². The van der Waals surface area contributed by atoms with E-state index in [4.69, 9.17) is 5.11 Å². The second-order valence-corrected chi connectivity index (χ2v) is 1.80. The predicted molar refractivity (Wildman–Crippen MR) is 38.2 cm³/mol. The fraction of sp³-hybridized carbons (Fsp3) is 0. The first-order chi connectivity index (χ1) is 4.33. The molecule has 1 N–H and O–H groups in total. The Bertz CT molecular complexity index is 203. The van der Waals surface area contributed by atoms with Crippen molar-refractivity contribution in [2.45, 2.75) is 0 Å². The van der Waals surface area contributed by atoms with Gasteiger partial charge < -0.3 is 5.11 Å². The number of hydrogen-bond donors (Lipinski definition) is 1. The molecule has 10 heavy (non-hydrogen) atoms. The van der Waals surface area contributed by atoms with Crippen molar-refractivity contribution in [1.82, 2.24) is 0 Å². The van der Waals surface area contributed by atoms with Crippen LogP contribution in [0.25, 0.3) is 6.08 Å². The molecule has 2 heteroatoms. The van der Waals surface area contributed by atoms with Gasteiger partial charge in [-0.2, -0.15) is 0 Å². The zero-order valence-corrected chi connectivity index (χ0v) is 12.1. The summed E-state index contributed by atoms with van der Waals surface area (Å²) in [6.45, 7) is 3.58. The van der Waals surface area contributed by atoms with Gasteiger partial charge in [0.1, 0.15) is 5.75 Å². The van der Waals surface area contributed by atoms with Crippen LogP contribution >= 0.6 is 0 Å². The summed E-state index contributed by atoms with van der Waals surface area (Å²) < 4.78 is 0. The van der Waals surface area contributed by atoms with Crippen molar-refractivity contribution in [1.29, 1.82) is 0 Å². The van der Waals surface area contributed by atoms with Crippen molar-refractivity contribution >= 4 is 6.08 Å². The van der Waals surface area contributed by atoms with Crippen molar-refractivity contribution in [3.05, 3.63) is 36.4 Å². The topological polar surface area (TPSA) is 20.2 Å². The molecule has 0 heterocycles. The molecule has 0 saturated carbocycles. The van der Waals surface area contributed by atoms with Crippen LogP contribution in [0.4, 0.5) is 0 Å². The average molecular weight is 387 g/mol. The molecule has 0 saturated heterocycles. The van der Waals surface area contributed by atoms with Crippen molar-refractivity contribution in [3.63, 3.8) is 0 Å². The zero-order chi connectivity index (χ0) is 6.69. The van der Waals surface area contributed by atoms with E-state index in [2.05, 4.69) is 6.58 Å². The van der Waals surface area contributed by atoms with Gasteiger partial charge in [0.2, 0.25) is 0 Å². The smallest absolute Gasteiger partial charge is 0.115 e. The Morgan fingerprint density at radius 1 is 1.20 bits per heavy atom. The summed E-state index contributed by atoms with van der Waals surface area (Å²) >= 11 is 0. The number of hydrogen-bond acceptors (Lipinski definition) is 1. The Labute approximate surface area is 54.3 Å². The van der Waals surface area contributed by atoms with E-state index in [0.29, 0.717) is 5.75 Å². The van der Waals surface area contributed by atoms with Crippen LogP contribution in [0.3, 0.4) is 0 Å². The fourth-order valence-electron chi connectivity index (χ4n) is 0.610. The summed E-state index contributed by atoms with van der Waals surface area (Å²) in [7, 11) is 0. The first kappa shape index (κ1) is 7.76. The van der Waals surface area contributed by atoms with Crippen molar-refractivity contribution in [2.75, 3.05) is 0 Å². The van der Waals surface area contributed by atoms with Gasteiger partial charge in [-0.1, -0.05) is 24.8 Å². The second-order valence-electron chi connectivity index (χ2n) is 1.80. The molecule has 0 aliphatic carbocycles. The van der Waals surface area contributed by atoms with Gasteiger partial charge in [-0.05, 0) is 17.7 Å². The molecule has 0 bridgehead atoms. The first-order valence-electron chi connectivity index (χ1n) is 2.74. The summed E-state index contributed by atoms with van der Waals surface area (Å²) in [5.41, 5.74) is 1.02. The van der Waals surface area contributed by atoms with E-state index in [-0.39, 0.29) is 0 Å². The molecule has 0 aliphatic rings. The third-order valence-electron chi connectivity index (χ3n) is 1.13. The minimum absolute atomic E-state index is 0. The van der Waals surface area contributed by atoms with Crippen LogP contribution in [0.1, 0.15) is 5.56 Å². The maximum atomic E-state index is 8.82. The Hall–Kier alpha value is -2.24. The summed E-state index contributed by atoms with van der Waals surface area (Å²) in [5, 5.41) is 8.82. The molecule has 0 unspecified atom stereocenters. The molecule has 1 aromatic rings. The molecule has 0 amide bonds. The van der Waals surface area contributed by atoms with Crippen LogP contribution in [-0.2, 0) is 0 Å². The van der Waals surface area contributed by atoms with Crippen LogP contribution in [0.5, 0.6) is 5.75 Å². The van der Waals surface area contributed by atoms with Crippen molar-refractivity contribution < 1.29 is 5.11 Å².